The molecule has 0 radical (unpaired) electrons. The Balaban J connectivity index is 1.41. The van der Waals surface area contributed by atoms with Crippen LogP contribution in [-0.2, 0) is 9.59 Å². The van der Waals surface area contributed by atoms with Gasteiger partial charge in [-0.2, -0.15) is 5.26 Å². The lowest BCUT2D eigenvalue weighted by molar-refractivity contribution is -0.125. The Morgan fingerprint density at radius 1 is 1.27 bits per heavy atom. The molecule has 3 unspecified atom stereocenters. The van der Waals surface area contributed by atoms with Gasteiger partial charge in [0.25, 0.3) is 5.91 Å². The van der Waals surface area contributed by atoms with E-state index in [1.54, 1.807) is 18.3 Å². The van der Waals surface area contributed by atoms with Crippen LogP contribution < -0.4 is 16.0 Å². The highest BCUT2D eigenvalue weighted by Gasteiger charge is 2.33. The van der Waals surface area contributed by atoms with Gasteiger partial charge in [-0.3, -0.25) is 14.4 Å². The predicted molar refractivity (Wildman–Crippen MR) is 106 cm³/mol. The average Bonchev–Trinajstić information content (AvgIpc) is 3.30. The lowest BCUT2D eigenvalue weighted by Gasteiger charge is -2.21. The van der Waals surface area contributed by atoms with Gasteiger partial charge in [-0.15, -0.1) is 0 Å². The van der Waals surface area contributed by atoms with Gasteiger partial charge < -0.3 is 20.9 Å². The molecule has 4 N–H and O–H groups in total. The first-order valence-corrected chi connectivity index (χ1v) is 10.1. The highest BCUT2D eigenvalue weighted by Crippen LogP contribution is 2.33. The molecule has 1 aliphatic carbocycles. The van der Waals surface area contributed by atoms with Crippen LogP contribution in [0, 0.1) is 23.2 Å². The molecule has 156 valence electrons. The fraction of sp³-hybridized carbons (Fsp3) is 0.500. The van der Waals surface area contributed by atoms with Gasteiger partial charge in [0.1, 0.15) is 12.1 Å². The second kappa shape index (κ2) is 8.49. The second-order valence-electron chi connectivity index (χ2n) is 7.87. The third-order valence-electron chi connectivity index (χ3n) is 5.52. The van der Waals surface area contributed by atoms with Crippen LogP contribution in [-0.4, -0.2) is 51.3 Å². The van der Waals surface area contributed by atoms with Gasteiger partial charge in [0.15, 0.2) is 11.5 Å². The molecule has 1 saturated carbocycles. The fourth-order valence-electron chi connectivity index (χ4n) is 3.67. The molecule has 0 bridgehead atoms. The number of carbonyl (C=O) groups is 3. The van der Waals surface area contributed by atoms with Crippen molar-refractivity contribution in [2.75, 3.05) is 6.54 Å². The number of hydrogen-bond acceptors (Lipinski definition) is 6. The summed E-state index contributed by atoms with van der Waals surface area (Å²) in [6.45, 7) is 0.586. The summed E-state index contributed by atoms with van der Waals surface area (Å²) in [6, 6.07) is 3.98. The SMILES string of the molecule is N#CC(CC1CCNC1=O)NC(=O)C(CC1CC1)NC(=O)c1nc2ncccc2[nH]1. The fourth-order valence-corrected chi connectivity index (χ4v) is 3.67. The zero-order valence-electron chi connectivity index (χ0n) is 16.4. The van der Waals surface area contributed by atoms with Gasteiger partial charge >= 0.3 is 0 Å². The molecule has 30 heavy (non-hydrogen) atoms. The number of imidazole rings is 1. The molecule has 1 saturated heterocycles. The van der Waals surface area contributed by atoms with Gasteiger partial charge in [0.05, 0.1) is 11.6 Å². The Hall–Kier alpha value is -3.48. The summed E-state index contributed by atoms with van der Waals surface area (Å²) in [6.07, 6.45) is 5.01. The highest BCUT2D eigenvalue weighted by atomic mass is 16.2. The van der Waals surface area contributed by atoms with Crippen LogP contribution >= 0.6 is 0 Å². The molecule has 0 aromatic carbocycles. The average molecular weight is 409 g/mol. The standard InChI is InChI=1S/C20H23N7O3/c21-10-13(9-12-5-7-23-18(12)28)24-19(29)15(8-11-3-4-11)26-20(30)17-25-14-2-1-6-22-16(14)27-17/h1-2,6,11-13,15H,3-5,7-9H2,(H,23,28)(H,24,29)(H,26,30)(H,22,25,27). The van der Waals surface area contributed by atoms with Gasteiger partial charge in [-0.05, 0) is 37.3 Å². The topological polar surface area (TPSA) is 153 Å². The molecule has 3 heterocycles. The van der Waals surface area contributed by atoms with E-state index in [4.69, 9.17) is 0 Å². The van der Waals surface area contributed by atoms with Crippen molar-refractivity contribution in [1.29, 1.82) is 5.26 Å². The van der Waals surface area contributed by atoms with E-state index in [9.17, 15) is 19.6 Å². The van der Waals surface area contributed by atoms with E-state index < -0.39 is 23.9 Å². The summed E-state index contributed by atoms with van der Waals surface area (Å²) in [5.41, 5.74) is 1.05. The third kappa shape index (κ3) is 4.56. The van der Waals surface area contributed by atoms with Crippen molar-refractivity contribution < 1.29 is 14.4 Å². The van der Waals surface area contributed by atoms with Crippen molar-refractivity contribution in [2.24, 2.45) is 11.8 Å². The lowest BCUT2D eigenvalue weighted by Crippen LogP contribution is -2.50. The first-order chi connectivity index (χ1) is 14.5. The van der Waals surface area contributed by atoms with Gasteiger partial charge in [-0.25, -0.2) is 9.97 Å². The van der Waals surface area contributed by atoms with Crippen molar-refractivity contribution >= 4 is 28.9 Å². The van der Waals surface area contributed by atoms with Crippen LogP contribution in [0.1, 0.15) is 42.7 Å². The molecule has 3 amide bonds. The van der Waals surface area contributed by atoms with Crippen molar-refractivity contribution in [3.05, 3.63) is 24.2 Å². The number of carbonyl (C=O) groups excluding carboxylic acids is 3. The molecule has 3 atom stereocenters. The molecular weight excluding hydrogens is 386 g/mol. The zero-order chi connectivity index (χ0) is 21.1. The Labute approximate surface area is 172 Å². The van der Waals surface area contributed by atoms with Crippen LogP contribution in [0.5, 0.6) is 0 Å². The number of aromatic amines is 1. The molecule has 1 aliphatic heterocycles. The zero-order valence-corrected chi connectivity index (χ0v) is 16.4. The van der Waals surface area contributed by atoms with E-state index in [0.717, 1.165) is 12.8 Å². The van der Waals surface area contributed by atoms with E-state index in [2.05, 4.69) is 37.0 Å². The van der Waals surface area contributed by atoms with Crippen LogP contribution in [0.25, 0.3) is 11.2 Å². The maximum atomic E-state index is 12.8. The van der Waals surface area contributed by atoms with Gasteiger partial charge in [0, 0.05) is 18.7 Å². The number of hydrogen-bond donors (Lipinski definition) is 4. The summed E-state index contributed by atoms with van der Waals surface area (Å²) >= 11 is 0. The summed E-state index contributed by atoms with van der Waals surface area (Å²) < 4.78 is 0. The van der Waals surface area contributed by atoms with Crippen LogP contribution in [0.3, 0.4) is 0 Å². The first-order valence-electron chi connectivity index (χ1n) is 10.1. The number of aromatic nitrogens is 3. The number of pyridine rings is 1. The minimum absolute atomic E-state index is 0.0803. The van der Waals surface area contributed by atoms with Crippen molar-refractivity contribution in [3.63, 3.8) is 0 Å². The predicted octanol–water partition coefficient (Wildman–Crippen LogP) is 0.391. The van der Waals surface area contributed by atoms with Crippen LogP contribution in [0.2, 0.25) is 0 Å². The molecule has 0 spiro atoms. The summed E-state index contributed by atoms with van der Waals surface area (Å²) in [7, 11) is 0. The minimum atomic E-state index is -0.791. The number of nitrogens with one attached hydrogen (secondary N) is 4. The Morgan fingerprint density at radius 2 is 2.10 bits per heavy atom. The quantitative estimate of drug-likeness (QED) is 0.495. The van der Waals surface area contributed by atoms with Crippen LogP contribution in [0.4, 0.5) is 0 Å². The number of nitrogens with zero attached hydrogens (tertiary/aromatic N) is 3. The first kappa shape index (κ1) is 19.8. The maximum Gasteiger partial charge on any atom is 0.287 e. The van der Waals surface area contributed by atoms with E-state index >= 15 is 0 Å². The number of H-pyrrole nitrogens is 1. The summed E-state index contributed by atoms with van der Waals surface area (Å²) in [4.78, 5) is 48.5. The molecule has 2 aromatic rings. The maximum absolute atomic E-state index is 12.8. The summed E-state index contributed by atoms with van der Waals surface area (Å²) in [5, 5.41) is 17.6. The minimum Gasteiger partial charge on any atom is -0.356 e. The number of amides is 3. The molecule has 4 rings (SSSR count). The molecule has 2 fully saturated rings. The van der Waals surface area contributed by atoms with E-state index in [1.165, 1.54) is 0 Å². The van der Waals surface area contributed by atoms with Crippen molar-refractivity contribution in [2.45, 2.75) is 44.2 Å². The largest absolute Gasteiger partial charge is 0.356 e. The molecular formula is C20H23N7O3. The highest BCUT2D eigenvalue weighted by molar-refractivity contribution is 5.97. The molecule has 10 nitrogen and oxygen atoms in total. The van der Waals surface area contributed by atoms with Crippen molar-refractivity contribution in [3.8, 4) is 6.07 Å². The number of rotatable bonds is 8. The molecule has 2 aromatic heterocycles. The second-order valence-corrected chi connectivity index (χ2v) is 7.87. The monoisotopic (exact) mass is 409 g/mol. The van der Waals surface area contributed by atoms with E-state index in [0.29, 0.717) is 36.5 Å². The normalized spacial score (nSPS) is 20.2. The molecule has 2 aliphatic rings. The Kier molecular flexibility index (Phi) is 5.61. The van der Waals surface area contributed by atoms with E-state index in [1.807, 2.05) is 0 Å². The van der Waals surface area contributed by atoms with Crippen LogP contribution in [0.15, 0.2) is 18.3 Å². The lowest BCUT2D eigenvalue weighted by atomic mass is 9.98. The third-order valence-corrected chi connectivity index (χ3v) is 5.52. The Morgan fingerprint density at radius 3 is 2.77 bits per heavy atom. The van der Waals surface area contributed by atoms with Gasteiger partial charge in [-0.1, -0.05) is 12.8 Å². The Bertz CT molecular complexity index is 974. The molecule has 10 heteroatoms. The van der Waals surface area contributed by atoms with Gasteiger partial charge in [0.2, 0.25) is 11.8 Å². The van der Waals surface area contributed by atoms with E-state index in [-0.39, 0.29) is 24.1 Å². The summed E-state index contributed by atoms with van der Waals surface area (Å²) in [5.74, 6) is -0.844. The number of fused-ring (bicyclic) bond motifs is 1. The van der Waals surface area contributed by atoms with Crippen molar-refractivity contribution in [1.82, 2.24) is 30.9 Å². The smallest absolute Gasteiger partial charge is 0.287 e. The number of nitriles is 1.